The van der Waals surface area contributed by atoms with E-state index in [-0.39, 0.29) is 0 Å². The molecule has 0 atom stereocenters. The molecule has 0 spiro atoms. The Bertz CT molecular complexity index is 5110. The second kappa shape index (κ2) is 22.9. The zero-order valence-electron chi connectivity index (χ0n) is 45.5. The average Bonchev–Trinajstić information content (AvgIpc) is 4.51. The quantitative estimate of drug-likeness (QED) is 0.119. The largest absolute Gasteiger partial charge is 0.464 e. The van der Waals surface area contributed by atoms with Crippen LogP contribution in [-0.2, 0) is 0 Å². The molecule has 0 radical (unpaired) electrons. The number of rotatable bonds is 8. The van der Waals surface area contributed by atoms with Crippen LogP contribution < -0.4 is 21.3 Å². The van der Waals surface area contributed by atoms with Crippen LogP contribution in [0.15, 0.2) is 321 Å². The van der Waals surface area contributed by atoms with E-state index in [4.69, 9.17) is 17.7 Å². The zero-order valence-corrected chi connectivity index (χ0v) is 45.5. The Kier molecular flexibility index (Phi) is 13.9. The first-order valence-corrected chi connectivity index (χ1v) is 27.9. The number of benzene rings is 13. The van der Waals surface area contributed by atoms with Crippen LogP contribution >= 0.6 is 0 Å². The topological polar surface area (TPSA) is 101 Å². The lowest BCUT2D eigenvalue weighted by atomic mass is 10.1. The van der Waals surface area contributed by atoms with Gasteiger partial charge >= 0.3 is 0 Å². The van der Waals surface area contributed by atoms with E-state index in [1.165, 1.54) is 21.5 Å². The molecule has 0 unspecified atom stereocenters. The van der Waals surface area contributed by atoms with Crippen molar-refractivity contribution in [1.82, 2.24) is 0 Å². The Labute approximate surface area is 483 Å². The lowest BCUT2D eigenvalue weighted by Gasteiger charge is -2.09. The van der Waals surface area contributed by atoms with Gasteiger partial charge in [-0.15, -0.1) is 0 Å². The summed E-state index contributed by atoms with van der Waals surface area (Å²) in [4.78, 5) is 0. The molecule has 8 heteroatoms. The summed E-state index contributed by atoms with van der Waals surface area (Å²) < 4.78 is 23.1. The number of anilines is 8. The van der Waals surface area contributed by atoms with Crippen molar-refractivity contribution in [2.75, 3.05) is 21.3 Å². The first kappa shape index (κ1) is 50.7. The summed E-state index contributed by atoms with van der Waals surface area (Å²) in [6.45, 7) is 0. The van der Waals surface area contributed by atoms with Gasteiger partial charge in [0, 0.05) is 101 Å². The molecule has 4 heterocycles. The minimum Gasteiger partial charge on any atom is -0.464 e. The van der Waals surface area contributed by atoms with Crippen molar-refractivity contribution < 1.29 is 17.7 Å². The monoisotopic (exact) mass is 1090 g/mol. The normalized spacial score (nSPS) is 11.1. The zero-order chi connectivity index (χ0) is 56.0. The maximum atomic E-state index is 5.89. The van der Waals surface area contributed by atoms with Gasteiger partial charge < -0.3 is 38.9 Å². The van der Waals surface area contributed by atoms with Gasteiger partial charge in [-0.25, -0.2) is 0 Å². The van der Waals surface area contributed by atoms with Gasteiger partial charge in [0.25, 0.3) is 0 Å². The van der Waals surface area contributed by atoms with E-state index >= 15 is 0 Å². The summed E-state index contributed by atoms with van der Waals surface area (Å²) in [7, 11) is 0. The molecule has 0 saturated carbocycles. The molecule has 13 aromatic carbocycles. The Morgan fingerprint density at radius 1 is 0.190 bits per heavy atom. The Morgan fingerprint density at radius 2 is 0.595 bits per heavy atom. The van der Waals surface area contributed by atoms with E-state index in [0.29, 0.717) is 0 Å². The molecule has 0 aliphatic rings. The molecule has 0 saturated heterocycles. The summed E-state index contributed by atoms with van der Waals surface area (Å²) in [5, 5.41) is 26.7. The van der Waals surface area contributed by atoms with E-state index in [1.807, 2.05) is 140 Å². The predicted octanol–water partition coefficient (Wildman–Crippen LogP) is 22.5. The molecule has 0 aliphatic heterocycles. The number of hydrogen-bond acceptors (Lipinski definition) is 8. The van der Waals surface area contributed by atoms with Gasteiger partial charge in [-0.3, -0.25) is 0 Å². The number of furan rings is 4. The third-order valence-electron chi connectivity index (χ3n) is 14.8. The smallest absolute Gasteiger partial charge is 0.137 e. The first-order valence-electron chi connectivity index (χ1n) is 27.9. The van der Waals surface area contributed by atoms with Gasteiger partial charge in [-0.05, 0) is 144 Å². The Balaban J connectivity index is 0.0000000999. The molecular formula is C76H54N4O4. The summed E-state index contributed by atoms with van der Waals surface area (Å²) in [5.41, 5.74) is 15.0. The van der Waals surface area contributed by atoms with Gasteiger partial charge in [0.05, 0.1) is 6.26 Å². The van der Waals surface area contributed by atoms with Crippen molar-refractivity contribution in [3.05, 3.63) is 304 Å². The van der Waals surface area contributed by atoms with Crippen molar-refractivity contribution >= 4 is 144 Å². The van der Waals surface area contributed by atoms with Crippen LogP contribution in [-0.4, -0.2) is 0 Å². The fourth-order valence-electron chi connectivity index (χ4n) is 10.7. The van der Waals surface area contributed by atoms with Gasteiger partial charge in [0.15, 0.2) is 0 Å². The summed E-state index contributed by atoms with van der Waals surface area (Å²) in [5.74, 6) is 0. The maximum absolute atomic E-state index is 5.89. The lowest BCUT2D eigenvalue weighted by molar-refractivity contribution is 0.616. The standard InChI is InChI=1S/C22H15NO.3C18H13NO/c1-2-6-16-13-17(10-9-15(16)5-1)23-18-11-12-22-20(14-18)19-7-3-4-8-21(19)24-22;1-2-6-16-13(4-1)5-3-7-17(16)19-15-9-8-14-10-11-20-18(14)12-15;1-2-6-13(7-3-1)19-14-10-11-18-16(12-14)15-8-4-5-9-17(15)20-18;1-2-6-13(7-3-1)19-14-10-11-16-15-8-4-5-9-17(15)20-18(16)12-14/h1-14,23H;3*1-12,19H. The Morgan fingerprint density at radius 3 is 1.23 bits per heavy atom. The average molecular weight is 1090 g/mol. The summed E-state index contributed by atoms with van der Waals surface area (Å²) in [6, 6.07) is 101. The molecular weight excluding hydrogens is 1030 g/mol. The van der Waals surface area contributed by atoms with Crippen molar-refractivity contribution in [3.8, 4) is 0 Å². The fraction of sp³-hybridized carbons (Fsp3) is 0. The van der Waals surface area contributed by atoms with Crippen LogP contribution in [0.1, 0.15) is 0 Å². The Hall–Kier alpha value is -11.5. The van der Waals surface area contributed by atoms with Crippen molar-refractivity contribution in [2.24, 2.45) is 0 Å². The molecule has 0 amide bonds. The molecule has 0 aliphatic carbocycles. The van der Waals surface area contributed by atoms with Crippen LogP contribution in [0.3, 0.4) is 0 Å². The van der Waals surface area contributed by atoms with Crippen LogP contribution in [0.2, 0.25) is 0 Å². The number of para-hydroxylation sites is 5. The molecule has 17 rings (SSSR count). The van der Waals surface area contributed by atoms with Crippen LogP contribution in [0.25, 0.3) is 98.3 Å². The predicted molar refractivity (Wildman–Crippen MR) is 351 cm³/mol. The third kappa shape index (κ3) is 10.9. The fourth-order valence-corrected chi connectivity index (χ4v) is 10.7. The second-order valence-electron chi connectivity index (χ2n) is 20.4. The van der Waals surface area contributed by atoms with Crippen molar-refractivity contribution in [1.29, 1.82) is 0 Å². The molecule has 8 nitrogen and oxygen atoms in total. The van der Waals surface area contributed by atoms with E-state index in [1.54, 1.807) is 6.26 Å². The van der Waals surface area contributed by atoms with Gasteiger partial charge in [-0.2, -0.15) is 0 Å². The number of hydrogen-bond donors (Lipinski definition) is 4. The molecule has 4 aromatic heterocycles. The summed E-state index contributed by atoms with van der Waals surface area (Å²) in [6.07, 6.45) is 1.71. The molecule has 84 heavy (non-hydrogen) atoms. The van der Waals surface area contributed by atoms with Crippen molar-refractivity contribution in [3.63, 3.8) is 0 Å². The molecule has 0 fully saturated rings. The number of fused-ring (bicyclic) bond motifs is 12. The SMILES string of the molecule is c1ccc(Nc2ccc3c(c2)oc2ccccc23)cc1.c1ccc(Nc2ccc3oc4ccccc4c3c2)cc1.c1ccc2c(Nc3ccc4ccoc4c3)cccc2c1.c1ccc2cc(Nc3ccc4oc5ccccc5c4c3)ccc2c1. The van der Waals surface area contributed by atoms with E-state index < -0.39 is 0 Å². The number of nitrogens with one attached hydrogen (secondary N) is 4. The molecule has 17 aromatic rings. The second-order valence-corrected chi connectivity index (χ2v) is 20.4. The first-order chi connectivity index (χ1) is 41.6. The summed E-state index contributed by atoms with van der Waals surface area (Å²) >= 11 is 0. The van der Waals surface area contributed by atoms with Crippen LogP contribution in [0, 0.1) is 0 Å². The highest BCUT2D eigenvalue weighted by molar-refractivity contribution is 6.08. The van der Waals surface area contributed by atoms with Crippen LogP contribution in [0.4, 0.5) is 45.5 Å². The molecule has 4 N–H and O–H groups in total. The minimum atomic E-state index is 0.898. The third-order valence-corrected chi connectivity index (χ3v) is 14.8. The van der Waals surface area contributed by atoms with Gasteiger partial charge in [0.2, 0.25) is 0 Å². The highest BCUT2D eigenvalue weighted by Gasteiger charge is 2.11. The van der Waals surface area contributed by atoms with Crippen molar-refractivity contribution in [2.45, 2.75) is 0 Å². The van der Waals surface area contributed by atoms with E-state index in [2.05, 4.69) is 179 Å². The lowest BCUT2D eigenvalue weighted by Crippen LogP contribution is -1.90. The van der Waals surface area contributed by atoms with E-state index in [9.17, 15) is 0 Å². The molecule has 0 bridgehead atoms. The van der Waals surface area contributed by atoms with E-state index in [0.717, 1.165) is 122 Å². The molecule has 402 valence electrons. The van der Waals surface area contributed by atoms with Gasteiger partial charge in [-0.1, -0.05) is 158 Å². The highest BCUT2D eigenvalue weighted by atomic mass is 16.3. The van der Waals surface area contributed by atoms with Crippen LogP contribution in [0.5, 0.6) is 0 Å². The maximum Gasteiger partial charge on any atom is 0.137 e. The van der Waals surface area contributed by atoms with Gasteiger partial charge in [0.1, 0.15) is 39.1 Å². The minimum absolute atomic E-state index is 0.898. The highest BCUT2D eigenvalue weighted by Crippen LogP contribution is 2.35.